The Morgan fingerprint density at radius 3 is 2.47 bits per heavy atom. The maximum Gasteiger partial charge on any atom is 0.129 e. The fraction of sp³-hybridized carbons (Fsp3) is 0.500. The highest BCUT2D eigenvalue weighted by Crippen LogP contribution is 2.26. The van der Waals surface area contributed by atoms with Crippen molar-refractivity contribution in [2.45, 2.75) is 19.8 Å². The third-order valence-corrected chi connectivity index (χ3v) is 2.83. The largest absolute Gasteiger partial charge is 0.319 e. The Morgan fingerprint density at radius 2 is 1.93 bits per heavy atom. The molecule has 1 aromatic carbocycles. The zero-order chi connectivity index (χ0) is 11.4. The average Bonchev–Trinajstić information content (AvgIpc) is 2.17. The Balaban J connectivity index is 2.86. The number of benzene rings is 1. The molecule has 0 aromatic heterocycles. The highest BCUT2D eigenvalue weighted by molar-refractivity contribution is 5.22. The van der Waals surface area contributed by atoms with Crippen LogP contribution in [0.4, 0.5) is 8.78 Å². The summed E-state index contributed by atoms with van der Waals surface area (Å²) in [6.07, 6.45) is 0. The maximum atomic E-state index is 13.4. The Labute approximate surface area is 89.5 Å². The summed E-state index contributed by atoms with van der Waals surface area (Å²) in [5, 5.41) is 3.05. The van der Waals surface area contributed by atoms with E-state index in [9.17, 15) is 8.78 Å². The molecule has 0 bridgehead atoms. The molecule has 15 heavy (non-hydrogen) atoms. The van der Waals surface area contributed by atoms with Crippen LogP contribution in [0.3, 0.4) is 0 Å². The van der Waals surface area contributed by atoms with Crippen LogP contribution in [0.15, 0.2) is 18.2 Å². The molecule has 0 saturated carbocycles. The van der Waals surface area contributed by atoms with E-state index in [0.29, 0.717) is 11.5 Å². The number of rotatable bonds is 4. The summed E-state index contributed by atoms with van der Waals surface area (Å²) in [6.45, 7) is 4.82. The summed E-state index contributed by atoms with van der Waals surface area (Å²) in [5.41, 5.74) is 0.583. The van der Waals surface area contributed by atoms with Gasteiger partial charge in [-0.05, 0) is 37.1 Å². The van der Waals surface area contributed by atoms with Crippen LogP contribution >= 0.6 is 0 Å². The molecule has 1 nitrogen and oxygen atoms in total. The third-order valence-electron chi connectivity index (χ3n) is 2.83. The normalized spacial score (nSPS) is 15.0. The van der Waals surface area contributed by atoms with E-state index in [-0.39, 0.29) is 5.92 Å². The summed E-state index contributed by atoms with van der Waals surface area (Å²) < 4.78 is 26.1. The van der Waals surface area contributed by atoms with Gasteiger partial charge in [-0.1, -0.05) is 19.9 Å². The molecule has 1 rings (SSSR count). The molecular weight excluding hydrogens is 196 g/mol. The summed E-state index contributed by atoms with van der Waals surface area (Å²) in [4.78, 5) is 0. The van der Waals surface area contributed by atoms with Crippen molar-refractivity contribution in [3.05, 3.63) is 35.4 Å². The first-order chi connectivity index (χ1) is 7.06. The molecule has 0 fully saturated rings. The summed E-state index contributed by atoms with van der Waals surface area (Å²) in [5.74, 6) is -0.580. The van der Waals surface area contributed by atoms with Gasteiger partial charge in [0.2, 0.25) is 0 Å². The molecule has 84 valence electrons. The quantitative estimate of drug-likeness (QED) is 0.810. The standard InChI is InChI=1S/C12H17F2N/c1-8(7-15-3)9(2)11-5-4-10(13)6-12(11)14/h4-6,8-9,15H,7H2,1-3H3. The summed E-state index contributed by atoms with van der Waals surface area (Å²) in [6, 6.07) is 3.78. The molecule has 1 aromatic rings. The Bertz CT molecular complexity index is 325. The molecule has 1 N–H and O–H groups in total. The van der Waals surface area contributed by atoms with E-state index in [2.05, 4.69) is 5.32 Å². The second kappa shape index (κ2) is 5.21. The molecule has 0 saturated heterocycles. The smallest absolute Gasteiger partial charge is 0.129 e. The van der Waals surface area contributed by atoms with Gasteiger partial charge in [-0.2, -0.15) is 0 Å². The molecule has 0 spiro atoms. The number of hydrogen-bond acceptors (Lipinski definition) is 1. The van der Waals surface area contributed by atoms with Gasteiger partial charge in [0, 0.05) is 6.07 Å². The van der Waals surface area contributed by atoms with E-state index in [1.54, 1.807) is 0 Å². The number of nitrogens with one attached hydrogen (secondary N) is 1. The minimum Gasteiger partial charge on any atom is -0.319 e. The van der Waals surface area contributed by atoms with Crippen molar-refractivity contribution in [1.82, 2.24) is 5.32 Å². The summed E-state index contributed by atoms with van der Waals surface area (Å²) >= 11 is 0. The fourth-order valence-corrected chi connectivity index (χ4v) is 1.68. The van der Waals surface area contributed by atoms with Gasteiger partial charge in [-0.3, -0.25) is 0 Å². The zero-order valence-electron chi connectivity index (χ0n) is 9.35. The van der Waals surface area contributed by atoms with Crippen LogP contribution in [0.2, 0.25) is 0 Å². The molecular formula is C12H17F2N. The third kappa shape index (κ3) is 2.99. The van der Waals surface area contributed by atoms with Gasteiger partial charge in [0.05, 0.1) is 0 Å². The molecule has 0 aliphatic rings. The van der Waals surface area contributed by atoms with Crippen molar-refractivity contribution < 1.29 is 8.78 Å². The zero-order valence-corrected chi connectivity index (χ0v) is 9.35. The van der Waals surface area contributed by atoms with Crippen LogP contribution in [0.5, 0.6) is 0 Å². The van der Waals surface area contributed by atoms with Crippen molar-refractivity contribution >= 4 is 0 Å². The lowest BCUT2D eigenvalue weighted by Crippen LogP contribution is -2.21. The van der Waals surface area contributed by atoms with E-state index >= 15 is 0 Å². The topological polar surface area (TPSA) is 12.0 Å². The molecule has 0 radical (unpaired) electrons. The number of halogens is 2. The monoisotopic (exact) mass is 213 g/mol. The molecule has 0 aliphatic carbocycles. The van der Waals surface area contributed by atoms with Crippen molar-refractivity contribution in [3.63, 3.8) is 0 Å². The Morgan fingerprint density at radius 1 is 1.27 bits per heavy atom. The van der Waals surface area contributed by atoms with Crippen LogP contribution in [0.25, 0.3) is 0 Å². The van der Waals surface area contributed by atoms with Crippen LogP contribution in [0, 0.1) is 17.6 Å². The first-order valence-electron chi connectivity index (χ1n) is 5.15. The minimum absolute atomic E-state index is 0.0815. The molecule has 2 unspecified atom stereocenters. The first kappa shape index (κ1) is 12.1. The van der Waals surface area contributed by atoms with E-state index in [1.807, 2.05) is 20.9 Å². The fourth-order valence-electron chi connectivity index (χ4n) is 1.68. The average molecular weight is 213 g/mol. The first-order valence-corrected chi connectivity index (χ1v) is 5.15. The highest BCUT2D eigenvalue weighted by Gasteiger charge is 2.17. The van der Waals surface area contributed by atoms with Crippen molar-refractivity contribution in [2.24, 2.45) is 5.92 Å². The molecule has 0 heterocycles. The van der Waals surface area contributed by atoms with Crippen molar-refractivity contribution in [3.8, 4) is 0 Å². The molecule has 2 atom stereocenters. The SMILES string of the molecule is CNCC(C)C(C)c1ccc(F)cc1F. The Kier molecular flexibility index (Phi) is 4.21. The van der Waals surface area contributed by atoms with Gasteiger partial charge < -0.3 is 5.32 Å². The van der Waals surface area contributed by atoms with E-state index in [4.69, 9.17) is 0 Å². The lowest BCUT2D eigenvalue weighted by atomic mass is 9.88. The second-order valence-corrected chi connectivity index (χ2v) is 3.99. The predicted octanol–water partition coefficient (Wildman–Crippen LogP) is 2.92. The van der Waals surface area contributed by atoms with Crippen LogP contribution in [-0.2, 0) is 0 Å². The van der Waals surface area contributed by atoms with E-state index in [1.165, 1.54) is 12.1 Å². The van der Waals surface area contributed by atoms with Gasteiger partial charge in [-0.25, -0.2) is 8.78 Å². The van der Waals surface area contributed by atoms with Crippen LogP contribution in [0.1, 0.15) is 25.3 Å². The van der Waals surface area contributed by atoms with Crippen LogP contribution in [-0.4, -0.2) is 13.6 Å². The lowest BCUT2D eigenvalue weighted by Gasteiger charge is -2.20. The molecule has 3 heteroatoms. The van der Waals surface area contributed by atoms with Gasteiger partial charge in [0.25, 0.3) is 0 Å². The van der Waals surface area contributed by atoms with Crippen molar-refractivity contribution in [1.29, 1.82) is 0 Å². The predicted molar refractivity (Wildman–Crippen MR) is 57.9 cm³/mol. The lowest BCUT2D eigenvalue weighted by molar-refractivity contribution is 0.447. The summed E-state index contributed by atoms with van der Waals surface area (Å²) in [7, 11) is 1.87. The van der Waals surface area contributed by atoms with Gasteiger partial charge in [-0.15, -0.1) is 0 Å². The van der Waals surface area contributed by atoms with E-state index < -0.39 is 11.6 Å². The highest BCUT2D eigenvalue weighted by atomic mass is 19.1. The van der Waals surface area contributed by atoms with E-state index in [0.717, 1.165) is 12.6 Å². The molecule has 0 aliphatic heterocycles. The van der Waals surface area contributed by atoms with Crippen molar-refractivity contribution in [2.75, 3.05) is 13.6 Å². The van der Waals surface area contributed by atoms with Gasteiger partial charge in [0.15, 0.2) is 0 Å². The van der Waals surface area contributed by atoms with Crippen LogP contribution < -0.4 is 5.32 Å². The van der Waals surface area contributed by atoms with Gasteiger partial charge in [0.1, 0.15) is 11.6 Å². The Hall–Kier alpha value is -0.960. The maximum absolute atomic E-state index is 13.4. The minimum atomic E-state index is -0.523. The second-order valence-electron chi connectivity index (χ2n) is 3.99. The molecule has 0 amide bonds. The van der Waals surface area contributed by atoms with Gasteiger partial charge >= 0.3 is 0 Å². The number of hydrogen-bond donors (Lipinski definition) is 1.